The summed E-state index contributed by atoms with van der Waals surface area (Å²) in [6.07, 6.45) is -3.35. The van der Waals surface area contributed by atoms with Crippen LogP contribution in [0.3, 0.4) is 0 Å². The van der Waals surface area contributed by atoms with Crippen LogP contribution in [-0.4, -0.2) is 51.2 Å². The molecule has 4 N–H and O–H groups in total. The highest BCUT2D eigenvalue weighted by Crippen LogP contribution is 2.35. The minimum atomic E-state index is -4.80. The van der Waals surface area contributed by atoms with Gasteiger partial charge in [-0.15, -0.1) is 0 Å². The maximum Gasteiger partial charge on any atom is 0.470 e. The van der Waals surface area contributed by atoms with E-state index in [0.29, 0.717) is 0 Å². The zero-order valence-corrected chi connectivity index (χ0v) is 11.9. The van der Waals surface area contributed by atoms with Crippen molar-refractivity contribution in [3.8, 4) is 0 Å². The Balaban J connectivity index is 2.32. The van der Waals surface area contributed by atoms with E-state index in [4.69, 9.17) is 14.5 Å². The number of carbonyl (C=O) groups is 1. The van der Waals surface area contributed by atoms with Crippen molar-refractivity contribution in [2.45, 2.75) is 18.8 Å². The number of aliphatic hydroxyl groups is 2. The molecule has 0 aromatic heterocycles. The first-order valence-corrected chi connectivity index (χ1v) is 7.53. The summed E-state index contributed by atoms with van der Waals surface area (Å²) in [7, 11) is -4.80. The molecule has 0 aliphatic heterocycles. The zero-order chi connectivity index (χ0) is 15.9. The van der Waals surface area contributed by atoms with E-state index in [1.54, 1.807) is 0 Å². The summed E-state index contributed by atoms with van der Waals surface area (Å²) in [4.78, 5) is 28.2. The first-order valence-electron chi connectivity index (χ1n) is 6.00. The number of phosphoric ester groups is 1. The Morgan fingerprint density at radius 3 is 2.38 bits per heavy atom. The van der Waals surface area contributed by atoms with Crippen molar-refractivity contribution in [2.75, 3.05) is 13.2 Å². The third-order valence-corrected chi connectivity index (χ3v) is 2.93. The Morgan fingerprint density at radius 1 is 1.19 bits per heavy atom. The standard InChI is InChI=1S/C12H17O8P/c13-10(7-19-6-9-4-2-1-3-5-9)12(15)11(14)8-20-21(16,17)18/h1-5,10,12-13,15H,6-8H2,(H2,16,17,18)/t10-,12+/m1/s1. The predicted octanol–water partition coefficient (Wildman–Crippen LogP) is -0.397. The quantitative estimate of drug-likeness (QED) is 0.452. The highest BCUT2D eigenvalue weighted by molar-refractivity contribution is 7.46. The van der Waals surface area contributed by atoms with Crippen LogP contribution in [0.4, 0.5) is 0 Å². The van der Waals surface area contributed by atoms with Crippen LogP contribution in [0.2, 0.25) is 0 Å². The first-order chi connectivity index (χ1) is 9.79. The molecule has 9 heteroatoms. The molecule has 118 valence electrons. The second kappa shape index (κ2) is 8.35. The van der Waals surface area contributed by atoms with Crippen molar-refractivity contribution in [2.24, 2.45) is 0 Å². The topological polar surface area (TPSA) is 134 Å². The number of carbonyl (C=O) groups excluding carboxylic acids is 1. The van der Waals surface area contributed by atoms with Gasteiger partial charge in [-0.25, -0.2) is 4.57 Å². The molecule has 1 aromatic rings. The third-order valence-electron chi connectivity index (χ3n) is 2.47. The van der Waals surface area contributed by atoms with Crippen LogP contribution in [0.25, 0.3) is 0 Å². The number of hydrogen-bond donors (Lipinski definition) is 4. The molecule has 0 saturated heterocycles. The average molecular weight is 320 g/mol. The van der Waals surface area contributed by atoms with Crippen LogP contribution in [-0.2, 0) is 25.2 Å². The van der Waals surface area contributed by atoms with Crippen molar-refractivity contribution in [1.29, 1.82) is 0 Å². The van der Waals surface area contributed by atoms with E-state index in [-0.39, 0.29) is 13.2 Å². The molecule has 0 spiro atoms. The monoisotopic (exact) mass is 320 g/mol. The van der Waals surface area contributed by atoms with Crippen LogP contribution in [0.1, 0.15) is 5.56 Å². The van der Waals surface area contributed by atoms with Crippen LogP contribution < -0.4 is 0 Å². The van der Waals surface area contributed by atoms with Gasteiger partial charge in [0.1, 0.15) is 18.8 Å². The minimum absolute atomic E-state index is 0.192. The second-order valence-electron chi connectivity index (χ2n) is 4.24. The predicted molar refractivity (Wildman–Crippen MR) is 71.1 cm³/mol. The van der Waals surface area contributed by atoms with Crippen LogP contribution in [0, 0.1) is 0 Å². The van der Waals surface area contributed by atoms with Gasteiger partial charge in [0.05, 0.1) is 13.2 Å². The number of ether oxygens (including phenoxy) is 1. The Hall–Kier alpha value is -1.12. The van der Waals surface area contributed by atoms with Crippen molar-refractivity contribution in [3.63, 3.8) is 0 Å². The van der Waals surface area contributed by atoms with Gasteiger partial charge >= 0.3 is 7.82 Å². The number of ketones is 1. The maximum atomic E-state index is 11.3. The van der Waals surface area contributed by atoms with Crippen molar-refractivity contribution in [1.82, 2.24) is 0 Å². The van der Waals surface area contributed by atoms with Crippen LogP contribution in [0.15, 0.2) is 30.3 Å². The van der Waals surface area contributed by atoms with Crippen LogP contribution in [0.5, 0.6) is 0 Å². The van der Waals surface area contributed by atoms with Crippen molar-refractivity contribution in [3.05, 3.63) is 35.9 Å². The van der Waals surface area contributed by atoms with E-state index in [1.807, 2.05) is 30.3 Å². The van der Waals surface area contributed by atoms with E-state index >= 15 is 0 Å². The lowest BCUT2D eigenvalue weighted by molar-refractivity contribution is -0.138. The molecular formula is C12H17O8P. The highest BCUT2D eigenvalue weighted by Gasteiger charge is 2.27. The van der Waals surface area contributed by atoms with E-state index in [1.165, 1.54) is 0 Å². The Kier molecular flexibility index (Phi) is 7.13. The summed E-state index contributed by atoms with van der Waals surface area (Å²) in [6.45, 7) is -1.11. The lowest BCUT2D eigenvalue weighted by Crippen LogP contribution is -2.39. The van der Waals surface area contributed by atoms with Gasteiger partial charge < -0.3 is 24.7 Å². The van der Waals surface area contributed by atoms with Gasteiger partial charge in [0.15, 0.2) is 5.78 Å². The van der Waals surface area contributed by atoms with Crippen molar-refractivity contribution < 1.29 is 38.6 Å². The van der Waals surface area contributed by atoms with E-state index in [9.17, 15) is 19.6 Å². The van der Waals surface area contributed by atoms with Gasteiger partial charge in [-0.1, -0.05) is 30.3 Å². The molecule has 0 radical (unpaired) electrons. The fourth-order valence-electron chi connectivity index (χ4n) is 1.41. The molecule has 0 aliphatic carbocycles. The molecule has 0 heterocycles. The van der Waals surface area contributed by atoms with E-state index < -0.39 is 32.4 Å². The Bertz CT molecular complexity index is 485. The number of rotatable bonds is 9. The third kappa shape index (κ3) is 7.45. The van der Waals surface area contributed by atoms with Gasteiger partial charge in [0, 0.05) is 0 Å². The largest absolute Gasteiger partial charge is 0.470 e. The first kappa shape index (κ1) is 17.9. The molecule has 0 amide bonds. The molecule has 1 aromatic carbocycles. The molecule has 0 bridgehead atoms. The lowest BCUT2D eigenvalue weighted by Gasteiger charge is -2.17. The molecule has 8 nitrogen and oxygen atoms in total. The summed E-state index contributed by atoms with van der Waals surface area (Å²) in [5.74, 6) is -1.05. The Morgan fingerprint density at radius 2 is 1.81 bits per heavy atom. The van der Waals surface area contributed by atoms with E-state index in [0.717, 1.165) is 5.56 Å². The van der Waals surface area contributed by atoms with Crippen molar-refractivity contribution >= 4 is 13.6 Å². The molecule has 0 saturated carbocycles. The molecule has 1 rings (SSSR count). The highest BCUT2D eigenvalue weighted by atomic mass is 31.2. The number of aliphatic hydroxyl groups excluding tert-OH is 2. The van der Waals surface area contributed by atoms with Gasteiger partial charge in [0.2, 0.25) is 0 Å². The lowest BCUT2D eigenvalue weighted by atomic mass is 10.1. The van der Waals surface area contributed by atoms with Gasteiger partial charge in [-0.2, -0.15) is 0 Å². The zero-order valence-electron chi connectivity index (χ0n) is 11.0. The maximum absolute atomic E-state index is 11.3. The minimum Gasteiger partial charge on any atom is -0.388 e. The summed E-state index contributed by atoms with van der Waals surface area (Å²) >= 11 is 0. The average Bonchev–Trinajstić information content (AvgIpc) is 2.44. The smallest absolute Gasteiger partial charge is 0.388 e. The molecule has 2 atom stereocenters. The molecule has 0 fully saturated rings. The summed E-state index contributed by atoms with van der Waals surface area (Å²) < 4.78 is 19.5. The van der Waals surface area contributed by atoms with Gasteiger partial charge in [-0.3, -0.25) is 9.32 Å². The number of hydrogen-bond acceptors (Lipinski definition) is 6. The molecule has 21 heavy (non-hydrogen) atoms. The summed E-state index contributed by atoms with van der Waals surface area (Å²) in [5.41, 5.74) is 0.857. The normalized spacial score (nSPS) is 14.7. The molecular weight excluding hydrogens is 303 g/mol. The van der Waals surface area contributed by atoms with Gasteiger partial charge in [-0.05, 0) is 5.56 Å². The fourth-order valence-corrected chi connectivity index (χ4v) is 1.71. The molecule has 0 aliphatic rings. The summed E-state index contributed by atoms with van der Waals surface area (Å²) in [6, 6.07) is 9.07. The van der Waals surface area contributed by atoms with E-state index in [2.05, 4.69) is 4.52 Å². The number of benzene rings is 1. The Labute approximate surface area is 121 Å². The van der Waals surface area contributed by atoms with Crippen LogP contribution >= 0.6 is 7.82 Å². The van der Waals surface area contributed by atoms with Gasteiger partial charge in [0.25, 0.3) is 0 Å². The number of Topliss-reactive ketones (excluding diaryl/α,β-unsaturated/α-hetero) is 1. The summed E-state index contributed by atoms with van der Waals surface area (Å²) in [5, 5.41) is 19.0. The SMILES string of the molecule is O=C(COP(=O)(O)O)[C@@H](O)[C@H](O)COCc1ccccc1. The number of phosphoric acid groups is 1. The second-order valence-corrected chi connectivity index (χ2v) is 5.48. The molecule has 0 unspecified atom stereocenters. The fraction of sp³-hybridized carbons (Fsp3) is 0.417.